The normalized spacial score (nSPS) is 11.0. The minimum Gasteiger partial charge on any atom is -0.219 e. The Morgan fingerprint density at radius 2 is 1.00 bits per heavy atom. The van der Waals surface area contributed by atoms with Gasteiger partial charge in [0.25, 0.3) is 0 Å². The molecule has 0 aliphatic carbocycles. The Kier molecular flexibility index (Phi) is 4.63. The first-order chi connectivity index (χ1) is 11.6. The van der Waals surface area contributed by atoms with Crippen molar-refractivity contribution in [1.82, 2.24) is 0 Å². The smallest absolute Gasteiger partial charge is 0.203 e. The molecule has 120 valence electrons. The van der Waals surface area contributed by atoms with Crippen molar-refractivity contribution in [3.63, 3.8) is 0 Å². The first kappa shape index (κ1) is 16.2. The quantitative estimate of drug-likeness (QED) is 0.677. The van der Waals surface area contributed by atoms with E-state index in [4.69, 9.17) is 0 Å². The van der Waals surface area contributed by atoms with E-state index < -0.39 is 9.84 Å². The number of hydrogen-bond donors (Lipinski definition) is 0. The van der Waals surface area contributed by atoms with E-state index in [1.54, 1.807) is 31.2 Å². The van der Waals surface area contributed by atoms with Crippen LogP contribution in [0.15, 0.2) is 101 Å². The third kappa shape index (κ3) is 3.17. The number of benzene rings is 3. The first-order valence-electron chi connectivity index (χ1n) is 7.72. The lowest BCUT2D eigenvalue weighted by Crippen LogP contribution is -2.06. The fourth-order valence-electron chi connectivity index (χ4n) is 2.69. The summed E-state index contributed by atoms with van der Waals surface area (Å²) in [5.74, 6) is 0. The van der Waals surface area contributed by atoms with Crippen LogP contribution in [0, 0.1) is 0 Å². The van der Waals surface area contributed by atoms with Gasteiger partial charge in [-0.15, -0.1) is 0 Å². The van der Waals surface area contributed by atoms with Crippen LogP contribution in [0.3, 0.4) is 0 Å². The molecule has 0 bridgehead atoms. The molecule has 0 aliphatic heterocycles. The molecule has 3 aromatic rings. The summed E-state index contributed by atoms with van der Waals surface area (Å²) in [4.78, 5) is 0.665. The SMILES string of the molecule is CC(=C(c1ccccc1)c1ccccc1)S(=O)(=O)c1ccccc1. The maximum Gasteiger partial charge on any atom is 0.203 e. The highest BCUT2D eigenvalue weighted by Gasteiger charge is 2.22. The highest BCUT2D eigenvalue weighted by molar-refractivity contribution is 7.95. The Balaban J connectivity index is 2.27. The van der Waals surface area contributed by atoms with Gasteiger partial charge in [-0.2, -0.15) is 0 Å². The van der Waals surface area contributed by atoms with Gasteiger partial charge in [0.15, 0.2) is 0 Å². The van der Waals surface area contributed by atoms with Crippen LogP contribution in [-0.2, 0) is 9.84 Å². The maximum atomic E-state index is 13.1. The Labute approximate surface area is 143 Å². The van der Waals surface area contributed by atoms with E-state index in [2.05, 4.69) is 0 Å². The summed E-state index contributed by atoms with van der Waals surface area (Å²) in [6, 6.07) is 27.8. The van der Waals surface area contributed by atoms with E-state index in [1.165, 1.54) is 0 Å². The summed E-state index contributed by atoms with van der Waals surface area (Å²) in [6.45, 7) is 1.68. The average Bonchev–Trinajstić information content (AvgIpc) is 2.64. The number of rotatable bonds is 4. The molecule has 3 heteroatoms. The van der Waals surface area contributed by atoms with Crippen molar-refractivity contribution in [3.8, 4) is 0 Å². The van der Waals surface area contributed by atoms with Gasteiger partial charge in [0.05, 0.1) is 9.80 Å². The molecule has 2 nitrogen and oxygen atoms in total. The lowest BCUT2D eigenvalue weighted by Gasteiger charge is -2.14. The van der Waals surface area contributed by atoms with Crippen molar-refractivity contribution in [2.45, 2.75) is 11.8 Å². The largest absolute Gasteiger partial charge is 0.219 e. The average molecular weight is 334 g/mol. The standard InChI is InChI=1S/C21H18O2S/c1-17(24(22,23)20-15-9-4-10-16-20)21(18-11-5-2-6-12-18)19-13-7-3-8-14-19/h2-16H,1H3. The Morgan fingerprint density at radius 1 is 0.625 bits per heavy atom. The van der Waals surface area contributed by atoms with Crippen LogP contribution in [0.1, 0.15) is 18.1 Å². The molecule has 0 saturated heterocycles. The highest BCUT2D eigenvalue weighted by atomic mass is 32.2. The van der Waals surface area contributed by atoms with Crippen LogP contribution in [0.25, 0.3) is 5.57 Å². The van der Waals surface area contributed by atoms with Crippen LogP contribution < -0.4 is 0 Å². The molecule has 0 aromatic heterocycles. The second kappa shape index (κ2) is 6.85. The monoisotopic (exact) mass is 334 g/mol. The number of hydrogen-bond acceptors (Lipinski definition) is 2. The second-order valence-electron chi connectivity index (χ2n) is 5.48. The Hall–Kier alpha value is -2.65. The minimum atomic E-state index is -3.55. The van der Waals surface area contributed by atoms with Gasteiger partial charge in [0.1, 0.15) is 0 Å². The number of allylic oxidation sites excluding steroid dienone is 1. The van der Waals surface area contributed by atoms with E-state index in [-0.39, 0.29) is 0 Å². The van der Waals surface area contributed by atoms with Crippen molar-refractivity contribution in [2.75, 3.05) is 0 Å². The third-order valence-corrected chi connectivity index (χ3v) is 5.84. The molecule has 0 atom stereocenters. The lowest BCUT2D eigenvalue weighted by molar-refractivity contribution is 0.602. The molecule has 0 fully saturated rings. The van der Waals surface area contributed by atoms with Crippen molar-refractivity contribution >= 4 is 15.4 Å². The van der Waals surface area contributed by atoms with Gasteiger partial charge in [-0.3, -0.25) is 0 Å². The molecule has 3 aromatic carbocycles. The van der Waals surface area contributed by atoms with Gasteiger partial charge in [-0.05, 0) is 30.2 Å². The van der Waals surface area contributed by atoms with Crippen molar-refractivity contribution in [2.24, 2.45) is 0 Å². The van der Waals surface area contributed by atoms with E-state index >= 15 is 0 Å². The third-order valence-electron chi connectivity index (χ3n) is 3.93. The van der Waals surface area contributed by atoms with Crippen LogP contribution >= 0.6 is 0 Å². The minimum absolute atomic E-state index is 0.312. The molecule has 0 N–H and O–H groups in total. The highest BCUT2D eigenvalue weighted by Crippen LogP contribution is 2.32. The van der Waals surface area contributed by atoms with Crippen molar-refractivity contribution in [1.29, 1.82) is 0 Å². The van der Waals surface area contributed by atoms with Gasteiger partial charge in [0.2, 0.25) is 9.84 Å². The summed E-state index contributed by atoms with van der Waals surface area (Å²) in [5.41, 5.74) is 2.52. The zero-order valence-corrected chi connectivity index (χ0v) is 14.2. The fraction of sp³-hybridized carbons (Fsp3) is 0.0476. The summed E-state index contributed by atoms with van der Waals surface area (Å²) in [7, 11) is -3.55. The van der Waals surface area contributed by atoms with Gasteiger partial charge < -0.3 is 0 Å². The van der Waals surface area contributed by atoms with E-state index in [0.717, 1.165) is 16.7 Å². The van der Waals surface area contributed by atoms with E-state index in [0.29, 0.717) is 9.80 Å². The maximum absolute atomic E-state index is 13.1. The molecule has 0 saturated carbocycles. The van der Waals surface area contributed by atoms with E-state index in [1.807, 2.05) is 66.7 Å². The van der Waals surface area contributed by atoms with Gasteiger partial charge in [-0.1, -0.05) is 78.9 Å². The molecule has 0 radical (unpaired) electrons. The first-order valence-corrected chi connectivity index (χ1v) is 9.21. The van der Waals surface area contributed by atoms with Gasteiger partial charge in [0, 0.05) is 5.57 Å². The molecule has 3 rings (SSSR count). The number of sulfone groups is 1. The Bertz CT molecular complexity index is 901. The van der Waals surface area contributed by atoms with Crippen LogP contribution in [-0.4, -0.2) is 8.42 Å². The molecule has 0 amide bonds. The molecule has 0 aliphatic rings. The molecule has 0 heterocycles. The second-order valence-corrected chi connectivity index (χ2v) is 7.57. The Morgan fingerprint density at radius 3 is 1.42 bits per heavy atom. The predicted molar refractivity (Wildman–Crippen MR) is 98.2 cm³/mol. The van der Waals surface area contributed by atoms with Crippen molar-refractivity contribution < 1.29 is 8.42 Å². The van der Waals surface area contributed by atoms with Gasteiger partial charge >= 0.3 is 0 Å². The summed E-state index contributed by atoms with van der Waals surface area (Å²) in [5, 5.41) is 0. The fourth-order valence-corrected chi connectivity index (χ4v) is 4.07. The zero-order chi connectivity index (χ0) is 17.0. The zero-order valence-electron chi connectivity index (χ0n) is 13.4. The summed E-state index contributed by atoms with van der Waals surface area (Å²) in [6.07, 6.45) is 0. The molecular weight excluding hydrogens is 316 g/mol. The summed E-state index contributed by atoms with van der Waals surface area (Å²) < 4.78 is 26.1. The predicted octanol–water partition coefficient (Wildman–Crippen LogP) is 4.94. The van der Waals surface area contributed by atoms with Crippen LogP contribution in [0.5, 0.6) is 0 Å². The topological polar surface area (TPSA) is 34.1 Å². The molecule has 0 spiro atoms. The lowest BCUT2D eigenvalue weighted by atomic mass is 9.98. The molecule has 0 unspecified atom stereocenters. The van der Waals surface area contributed by atoms with Crippen LogP contribution in [0.2, 0.25) is 0 Å². The summed E-state index contributed by atoms with van der Waals surface area (Å²) >= 11 is 0. The van der Waals surface area contributed by atoms with Gasteiger partial charge in [-0.25, -0.2) is 8.42 Å². The molecular formula is C21H18O2S. The van der Waals surface area contributed by atoms with Crippen molar-refractivity contribution in [3.05, 3.63) is 107 Å². The molecule has 24 heavy (non-hydrogen) atoms. The van der Waals surface area contributed by atoms with Crippen LogP contribution in [0.4, 0.5) is 0 Å². The van der Waals surface area contributed by atoms with E-state index in [9.17, 15) is 8.42 Å².